The second-order valence-corrected chi connectivity index (χ2v) is 4.18. The van der Waals surface area contributed by atoms with Gasteiger partial charge in [0.15, 0.2) is 0 Å². The molecule has 0 spiro atoms. The van der Waals surface area contributed by atoms with Crippen LogP contribution in [0.1, 0.15) is 19.4 Å². The van der Waals surface area contributed by atoms with E-state index in [1.807, 2.05) is 13.8 Å². The van der Waals surface area contributed by atoms with Crippen LogP contribution in [0.15, 0.2) is 47.5 Å². The molecule has 2 aromatic carbocycles. The number of aliphatic imine (C=N–C) groups is 1. The minimum atomic E-state index is -0.788. The van der Waals surface area contributed by atoms with Gasteiger partial charge in [-0.15, -0.1) is 0 Å². The van der Waals surface area contributed by atoms with E-state index >= 15 is 0 Å². The summed E-state index contributed by atoms with van der Waals surface area (Å²) in [7, 11) is 1.57. The molecular formula is C17H20FN3O2. The van der Waals surface area contributed by atoms with Crippen molar-refractivity contribution in [3.05, 3.63) is 53.8 Å². The van der Waals surface area contributed by atoms with Crippen molar-refractivity contribution in [3.63, 3.8) is 0 Å². The Hall–Kier alpha value is -2.89. The van der Waals surface area contributed by atoms with Crippen LogP contribution in [0.4, 0.5) is 20.6 Å². The first kappa shape index (κ1) is 18.2. The summed E-state index contributed by atoms with van der Waals surface area (Å²) in [5.74, 6) is -0.285. The molecule has 2 rings (SSSR count). The number of ether oxygens (including phenoxy) is 1. The fraction of sp³-hybridized carbons (Fsp3) is 0.176. The van der Waals surface area contributed by atoms with Crippen molar-refractivity contribution in [1.82, 2.24) is 0 Å². The number of carbonyl (C=O) groups is 1. The van der Waals surface area contributed by atoms with Crippen LogP contribution < -0.4 is 15.8 Å². The predicted octanol–water partition coefficient (Wildman–Crippen LogP) is 4.09. The summed E-state index contributed by atoms with van der Waals surface area (Å²) in [6, 6.07) is 11.0. The van der Waals surface area contributed by atoms with Crippen molar-refractivity contribution >= 4 is 23.7 Å². The monoisotopic (exact) mass is 317 g/mol. The van der Waals surface area contributed by atoms with Crippen molar-refractivity contribution < 1.29 is 13.9 Å². The molecule has 6 heteroatoms. The van der Waals surface area contributed by atoms with E-state index in [1.165, 1.54) is 12.3 Å². The number of nitrogens with two attached hydrogens (primary N) is 1. The first-order valence-corrected chi connectivity index (χ1v) is 7.15. The Morgan fingerprint density at radius 3 is 2.52 bits per heavy atom. The fourth-order valence-corrected chi connectivity index (χ4v) is 1.68. The van der Waals surface area contributed by atoms with Gasteiger partial charge in [0, 0.05) is 24.5 Å². The molecule has 122 valence electrons. The number of hydrogen-bond acceptors (Lipinski definition) is 4. The lowest BCUT2D eigenvalue weighted by Gasteiger charge is -2.09. The lowest BCUT2D eigenvalue weighted by molar-refractivity contribution is 0.215. The van der Waals surface area contributed by atoms with Crippen molar-refractivity contribution in [2.24, 2.45) is 4.99 Å². The molecule has 0 aliphatic heterocycles. The summed E-state index contributed by atoms with van der Waals surface area (Å²) < 4.78 is 18.8. The highest BCUT2D eigenvalue weighted by atomic mass is 19.1. The van der Waals surface area contributed by atoms with E-state index in [2.05, 4.69) is 10.3 Å². The predicted molar refractivity (Wildman–Crippen MR) is 91.8 cm³/mol. The first-order valence-electron chi connectivity index (χ1n) is 7.15. The van der Waals surface area contributed by atoms with Gasteiger partial charge in [0.25, 0.3) is 0 Å². The lowest BCUT2D eigenvalue weighted by atomic mass is 10.1. The summed E-state index contributed by atoms with van der Waals surface area (Å²) in [6.45, 7) is 4.00. The van der Waals surface area contributed by atoms with Crippen LogP contribution >= 0.6 is 0 Å². The van der Waals surface area contributed by atoms with Crippen LogP contribution in [0, 0.1) is 5.82 Å². The Balaban J connectivity index is 0.00000127. The summed E-state index contributed by atoms with van der Waals surface area (Å²) in [4.78, 5) is 15.5. The second kappa shape index (κ2) is 9.19. The minimum Gasteiger partial charge on any atom is -0.410 e. The van der Waals surface area contributed by atoms with Crippen molar-refractivity contribution in [2.45, 2.75) is 13.8 Å². The third-order valence-corrected chi connectivity index (χ3v) is 2.63. The van der Waals surface area contributed by atoms with Crippen LogP contribution in [-0.4, -0.2) is 19.4 Å². The van der Waals surface area contributed by atoms with Crippen LogP contribution in [0.3, 0.4) is 0 Å². The molecular weight excluding hydrogens is 297 g/mol. The Morgan fingerprint density at radius 2 is 1.91 bits per heavy atom. The largest absolute Gasteiger partial charge is 0.417 e. The minimum absolute atomic E-state index is 0.0277. The van der Waals surface area contributed by atoms with E-state index in [-0.39, 0.29) is 11.4 Å². The Morgan fingerprint density at radius 1 is 1.26 bits per heavy atom. The van der Waals surface area contributed by atoms with Crippen LogP contribution in [-0.2, 0) is 0 Å². The average molecular weight is 317 g/mol. The first-order chi connectivity index (χ1) is 11.1. The Bertz CT molecular complexity index is 673. The molecule has 2 aromatic rings. The number of nitrogens with zero attached hydrogens (tertiary/aromatic N) is 1. The van der Waals surface area contributed by atoms with E-state index in [0.29, 0.717) is 11.3 Å². The number of benzene rings is 2. The summed E-state index contributed by atoms with van der Waals surface area (Å²) in [6.07, 6.45) is 0.687. The molecule has 0 aliphatic rings. The summed E-state index contributed by atoms with van der Waals surface area (Å²) >= 11 is 0. The van der Waals surface area contributed by atoms with Crippen LogP contribution in [0.2, 0.25) is 0 Å². The van der Waals surface area contributed by atoms with E-state index < -0.39 is 11.9 Å². The van der Waals surface area contributed by atoms with Gasteiger partial charge < -0.3 is 10.5 Å². The number of amides is 1. The number of carbonyl (C=O) groups excluding carboxylic acids is 1. The molecule has 0 fully saturated rings. The normalized spacial score (nSPS) is 9.91. The van der Waals surface area contributed by atoms with Crippen LogP contribution in [0.25, 0.3) is 0 Å². The number of hydrogen-bond donors (Lipinski definition) is 2. The zero-order valence-corrected chi connectivity index (χ0v) is 13.3. The third-order valence-electron chi connectivity index (χ3n) is 2.63. The molecule has 0 saturated carbocycles. The third kappa shape index (κ3) is 5.43. The van der Waals surface area contributed by atoms with Crippen molar-refractivity contribution in [2.75, 3.05) is 18.1 Å². The van der Waals surface area contributed by atoms with E-state index in [0.717, 1.165) is 6.07 Å². The molecule has 0 unspecified atom stereocenters. The van der Waals surface area contributed by atoms with E-state index in [9.17, 15) is 9.18 Å². The van der Waals surface area contributed by atoms with Crippen molar-refractivity contribution in [1.29, 1.82) is 0 Å². The highest BCUT2D eigenvalue weighted by Crippen LogP contribution is 2.21. The van der Waals surface area contributed by atoms with E-state index in [1.54, 1.807) is 37.4 Å². The number of anilines is 2. The highest BCUT2D eigenvalue weighted by molar-refractivity contribution is 5.92. The van der Waals surface area contributed by atoms with Gasteiger partial charge in [-0.1, -0.05) is 32.0 Å². The van der Waals surface area contributed by atoms with Gasteiger partial charge in [0.2, 0.25) is 0 Å². The Kier molecular flexibility index (Phi) is 7.26. The SMILES string of the molecule is CC.CN=Cc1cc(NC(=O)Oc2ccccc2)c(F)cc1N. The smallest absolute Gasteiger partial charge is 0.410 e. The zero-order valence-electron chi connectivity index (χ0n) is 13.3. The molecule has 0 heterocycles. The molecule has 5 nitrogen and oxygen atoms in total. The molecule has 0 radical (unpaired) electrons. The Labute approximate surface area is 135 Å². The van der Waals surface area contributed by atoms with E-state index in [4.69, 9.17) is 10.5 Å². The molecule has 23 heavy (non-hydrogen) atoms. The quantitative estimate of drug-likeness (QED) is 0.661. The molecule has 0 aliphatic carbocycles. The van der Waals surface area contributed by atoms with Gasteiger partial charge in [0.05, 0.1) is 5.69 Å². The van der Waals surface area contributed by atoms with Crippen molar-refractivity contribution in [3.8, 4) is 5.75 Å². The second-order valence-electron chi connectivity index (χ2n) is 4.18. The maximum absolute atomic E-state index is 13.8. The summed E-state index contributed by atoms with van der Waals surface area (Å²) in [5, 5.41) is 2.33. The molecule has 0 atom stereocenters. The number of nitrogen functional groups attached to an aromatic ring is 1. The number of halogens is 1. The zero-order chi connectivity index (χ0) is 17.2. The summed E-state index contributed by atoms with van der Waals surface area (Å²) in [5.41, 5.74) is 6.37. The maximum atomic E-state index is 13.8. The number of nitrogens with one attached hydrogen (secondary N) is 1. The topological polar surface area (TPSA) is 76.7 Å². The molecule has 3 N–H and O–H groups in total. The lowest BCUT2D eigenvalue weighted by Crippen LogP contribution is -2.18. The van der Waals surface area contributed by atoms with Gasteiger partial charge >= 0.3 is 6.09 Å². The fourth-order valence-electron chi connectivity index (χ4n) is 1.68. The van der Waals surface area contributed by atoms with Gasteiger partial charge in [-0.2, -0.15) is 0 Å². The van der Waals surface area contributed by atoms with Crippen LogP contribution in [0.5, 0.6) is 5.75 Å². The van der Waals surface area contributed by atoms with Gasteiger partial charge in [-0.05, 0) is 24.3 Å². The number of rotatable bonds is 3. The molecule has 1 amide bonds. The van der Waals surface area contributed by atoms with Gasteiger partial charge in [-0.25, -0.2) is 9.18 Å². The maximum Gasteiger partial charge on any atom is 0.417 e. The molecule has 0 saturated heterocycles. The average Bonchev–Trinajstić information content (AvgIpc) is 2.55. The molecule has 0 aromatic heterocycles. The number of para-hydroxylation sites is 1. The van der Waals surface area contributed by atoms with Gasteiger partial charge in [0.1, 0.15) is 11.6 Å². The highest BCUT2D eigenvalue weighted by Gasteiger charge is 2.11. The van der Waals surface area contributed by atoms with Gasteiger partial charge in [-0.3, -0.25) is 10.3 Å². The standard InChI is InChI=1S/C15H14FN3O2.C2H6/c1-18-9-10-7-14(12(16)8-13(10)17)19-15(20)21-11-5-3-2-4-6-11;1-2/h2-9H,17H2,1H3,(H,19,20);1-2H3. The molecule has 0 bridgehead atoms.